The summed E-state index contributed by atoms with van der Waals surface area (Å²) in [6.07, 6.45) is -2.31. The fourth-order valence-corrected chi connectivity index (χ4v) is 1.84. The van der Waals surface area contributed by atoms with E-state index in [1.807, 2.05) is 6.26 Å². The number of benzene rings is 1. The summed E-state index contributed by atoms with van der Waals surface area (Å²) in [6, 6.07) is 5.26. The maximum absolute atomic E-state index is 12.6. The molecule has 0 saturated heterocycles. The van der Waals surface area contributed by atoms with Crippen molar-refractivity contribution in [3.05, 3.63) is 35.4 Å². The van der Waals surface area contributed by atoms with Crippen LogP contribution in [0, 0.1) is 0 Å². The first-order valence-corrected chi connectivity index (χ1v) is 7.46. The van der Waals surface area contributed by atoms with E-state index in [0.717, 1.165) is 24.4 Å². The molecule has 120 valence electrons. The summed E-state index contributed by atoms with van der Waals surface area (Å²) in [5, 5.41) is 6.07. The molecule has 21 heavy (non-hydrogen) atoms. The van der Waals surface area contributed by atoms with Crippen molar-refractivity contribution in [1.29, 1.82) is 0 Å². The van der Waals surface area contributed by atoms with Crippen molar-refractivity contribution in [3.63, 3.8) is 0 Å². The lowest BCUT2D eigenvalue weighted by Crippen LogP contribution is -2.37. The van der Waals surface area contributed by atoms with Gasteiger partial charge in [-0.05, 0) is 24.0 Å². The van der Waals surface area contributed by atoms with Gasteiger partial charge in [0.2, 0.25) is 0 Å². The van der Waals surface area contributed by atoms with Crippen molar-refractivity contribution in [2.75, 3.05) is 25.6 Å². The molecule has 0 spiro atoms. The zero-order valence-electron chi connectivity index (χ0n) is 11.8. The van der Waals surface area contributed by atoms with Gasteiger partial charge in [-0.15, -0.1) is 24.0 Å². The third-order valence-electron chi connectivity index (χ3n) is 2.54. The molecule has 0 aliphatic rings. The van der Waals surface area contributed by atoms with Gasteiger partial charge in [0.1, 0.15) is 0 Å². The van der Waals surface area contributed by atoms with Gasteiger partial charge in [-0.2, -0.15) is 24.9 Å². The van der Waals surface area contributed by atoms with Gasteiger partial charge < -0.3 is 10.6 Å². The maximum atomic E-state index is 12.6. The van der Waals surface area contributed by atoms with E-state index in [4.69, 9.17) is 0 Å². The molecule has 0 saturated carbocycles. The van der Waals surface area contributed by atoms with Gasteiger partial charge >= 0.3 is 6.18 Å². The highest BCUT2D eigenvalue weighted by molar-refractivity contribution is 14.0. The summed E-state index contributed by atoms with van der Waals surface area (Å²) < 4.78 is 37.7. The zero-order valence-corrected chi connectivity index (χ0v) is 15.0. The molecule has 2 N–H and O–H groups in total. The van der Waals surface area contributed by atoms with Crippen LogP contribution in [-0.2, 0) is 12.7 Å². The number of nitrogens with zero attached hydrogens (tertiary/aromatic N) is 1. The van der Waals surface area contributed by atoms with E-state index in [2.05, 4.69) is 15.6 Å². The van der Waals surface area contributed by atoms with Crippen molar-refractivity contribution in [3.8, 4) is 0 Å². The molecule has 3 nitrogen and oxygen atoms in total. The highest BCUT2D eigenvalue weighted by Gasteiger charge is 2.30. The summed E-state index contributed by atoms with van der Waals surface area (Å²) in [4.78, 5) is 4.01. The summed E-state index contributed by atoms with van der Waals surface area (Å²) in [5.74, 6) is 1.51. The van der Waals surface area contributed by atoms with Gasteiger partial charge in [0.25, 0.3) is 0 Å². The molecular formula is C13H19F3IN3S. The molecule has 0 amide bonds. The molecule has 1 rings (SSSR count). The van der Waals surface area contributed by atoms with E-state index < -0.39 is 11.7 Å². The van der Waals surface area contributed by atoms with Gasteiger partial charge in [-0.3, -0.25) is 4.99 Å². The number of rotatable bonds is 5. The number of halogens is 4. The van der Waals surface area contributed by atoms with E-state index in [0.29, 0.717) is 18.1 Å². The van der Waals surface area contributed by atoms with Crippen LogP contribution in [0.5, 0.6) is 0 Å². The lowest BCUT2D eigenvalue weighted by Gasteiger charge is -2.12. The Morgan fingerprint density at radius 3 is 2.57 bits per heavy atom. The number of guanidine groups is 1. The van der Waals surface area contributed by atoms with Gasteiger partial charge in [0, 0.05) is 25.9 Å². The van der Waals surface area contributed by atoms with Gasteiger partial charge in [-0.25, -0.2) is 0 Å². The van der Waals surface area contributed by atoms with Crippen LogP contribution in [0.15, 0.2) is 29.3 Å². The van der Waals surface area contributed by atoms with E-state index >= 15 is 0 Å². The molecule has 0 radical (unpaired) electrons. The number of nitrogens with one attached hydrogen (secondary N) is 2. The normalized spacial score (nSPS) is 11.8. The predicted molar refractivity (Wildman–Crippen MR) is 93.4 cm³/mol. The minimum Gasteiger partial charge on any atom is -0.356 e. The minimum atomic E-state index is -4.31. The highest BCUT2D eigenvalue weighted by Crippen LogP contribution is 2.29. The van der Waals surface area contributed by atoms with Crippen molar-refractivity contribution >= 4 is 41.7 Å². The largest absolute Gasteiger partial charge is 0.416 e. The van der Waals surface area contributed by atoms with Crippen LogP contribution in [0.1, 0.15) is 11.1 Å². The van der Waals surface area contributed by atoms with E-state index in [9.17, 15) is 13.2 Å². The third-order valence-corrected chi connectivity index (χ3v) is 3.15. The van der Waals surface area contributed by atoms with Crippen molar-refractivity contribution in [2.45, 2.75) is 12.7 Å². The summed E-state index contributed by atoms with van der Waals surface area (Å²) in [6.45, 7) is 1.05. The summed E-state index contributed by atoms with van der Waals surface area (Å²) in [5.41, 5.74) is -0.0743. The second-order valence-corrected chi connectivity index (χ2v) is 5.03. The fraction of sp³-hybridized carbons (Fsp3) is 0.462. The van der Waals surface area contributed by atoms with Crippen LogP contribution in [0.2, 0.25) is 0 Å². The molecule has 0 heterocycles. The number of hydrogen-bond donors (Lipinski definition) is 2. The van der Waals surface area contributed by atoms with Crippen LogP contribution in [0.25, 0.3) is 0 Å². The van der Waals surface area contributed by atoms with E-state index in [1.54, 1.807) is 24.9 Å². The highest BCUT2D eigenvalue weighted by atomic mass is 127. The quantitative estimate of drug-likeness (QED) is 0.324. The molecular weight excluding hydrogens is 414 g/mol. The Morgan fingerprint density at radius 1 is 1.29 bits per heavy atom. The van der Waals surface area contributed by atoms with Gasteiger partial charge in [0.15, 0.2) is 5.96 Å². The van der Waals surface area contributed by atoms with Crippen molar-refractivity contribution in [1.82, 2.24) is 10.6 Å². The number of aliphatic imine (C=N–C) groups is 1. The second-order valence-electron chi connectivity index (χ2n) is 4.04. The molecule has 0 fully saturated rings. The van der Waals surface area contributed by atoms with Crippen LogP contribution in [0.4, 0.5) is 13.2 Å². The first-order chi connectivity index (χ1) is 9.47. The molecule has 0 unspecified atom stereocenters. The lowest BCUT2D eigenvalue weighted by atomic mass is 10.1. The summed E-state index contributed by atoms with van der Waals surface area (Å²) >= 11 is 1.70. The maximum Gasteiger partial charge on any atom is 0.416 e. The average Bonchev–Trinajstić information content (AvgIpc) is 2.42. The topological polar surface area (TPSA) is 36.4 Å². The Labute approximate surface area is 144 Å². The molecule has 0 atom stereocenters. The Balaban J connectivity index is 0.00000400. The average molecular weight is 433 g/mol. The third kappa shape index (κ3) is 7.79. The van der Waals surface area contributed by atoms with Crippen molar-refractivity contribution in [2.24, 2.45) is 4.99 Å². The van der Waals surface area contributed by atoms with Crippen LogP contribution < -0.4 is 10.6 Å². The van der Waals surface area contributed by atoms with Gasteiger partial charge in [0.05, 0.1) is 5.56 Å². The Kier molecular flexibility index (Phi) is 9.84. The van der Waals surface area contributed by atoms with E-state index in [-0.39, 0.29) is 24.0 Å². The number of thioether (sulfide) groups is 1. The first kappa shape index (κ1) is 20.4. The molecule has 1 aromatic rings. The molecule has 8 heteroatoms. The second kappa shape index (κ2) is 10.1. The Bertz CT molecular complexity index is 453. The standard InChI is InChI=1S/C13H18F3N3S.HI/c1-17-12(18-6-7-20-2)19-9-10-4-3-5-11(8-10)13(14,15)16;/h3-5,8H,6-7,9H2,1-2H3,(H2,17,18,19);1H. The van der Waals surface area contributed by atoms with Crippen LogP contribution in [0.3, 0.4) is 0 Å². The first-order valence-electron chi connectivity index (χ1n) is 6.07. The Morgan fingerprint density at radius 2 is 2.00 bits per heavy atom. The molecule has 1 aromatic carbocycles. The van der Waals surface area contributed by atoms with E-state index in [1.165, 1.54) is 6.07 Å². The monoisotopic (exact) mass is 433 g/mol. The van der Waals surface area contributed by atoms with Gasteiger partial charge in [-0.1, -0.05) is 12.1 Å². The smallest absolute Gasteiger partial charge is 0.356 e. The fourth-order valence-electron chi connectivity index (χ4n) is 1.54. The summed E-state index contributed by atoms with van der Waals surface area (Å²) in [7, 11) is 1.63. The zero-order chi connectivity index (χ0) is 15.0. The molecule has 0 bridgehead atoms. The molecule has 0 aliphatic heterocycles. The lowest BCUT2D eigenvalue weighted by molar-refractivity contribution is -0.137. The number of hydrogen-bond acceptors (Lipinski definition) is 2. The molecule has 0 aliphatic carbocycles. The minimum absolute atomic E-state index is 0. The van der Waals surface area contributed by atoms with Crippen molar-refractivity contribution < 1.29 is 13.2 Å². The predicted octanol–water partition coefficient (Wildman–Crippen LogP) is 3.35. The number of alkyl halides is 3. The van der Waals surface area contributed by atoms with Crippen LogP contribution in [-0.4, -0.2) is 31.6 Å². The SMILES string of the molecule is CN=C(NCCSC)NCc1cccc(C(F)(F)F)c1.I. The molecule has 0 aromatic heterocycles. The Hall–Kier alpha value is -0.640. The van der Waals surface area contributed by atoms with Crippen LogP contribution >= 0.6 is 35.7 Å².